The van der Waals surface area contributed by atoms with Crippen molar-refractivity contribution in [3.8, 4) is 0 Å². The molecule has 0 aliphatic heterocycles. The number of benzene rings is 1. The number of methoxy groups -OCH3 is 1. The molecule has 1 aliphatic rings. The van der Waals surface area contributed by atoms with Crippen LogP contribution in [0.15, 0.2) is 23.1 Å². The molecule has 114 valence electrons. The molecule has 1 fully saturated rings. The van der Waals surface area contributed by atoms with E-state index in [2.05, 4.69) is 4.98 Å². The molecule has 1 heterocycles. The van der Waals surface area contributed by atoms with Gasteiger partial charge < -0.3 is 15.0 Å². The number of rotatable bonds is 3. The van der Waals surface area contributed by atoms with E-state index in [0.717, 1.165) is 24.8 Å². The number of sulfone groups is 1. The first-order valence-corrected chi connectivity index (χ1v) is 8.82. The van der Waals surface area contributed by atoms with Crippen LogP contribution in [0.3, 0.4) is 0 Å². The largest absolute Gasteiger partial charge is 0.379 e. The van der Waals surface area contributed by atoms with E-state index in [-0.39, 0.29) is 17.0 Å². The lowest BCUT2D eigenvalue weighted by molar-refractivity contribution is 0.0768. The van der Waals surface area contributed by atoms with Crippen LogP contribution in [0.2, 0.25) is 0 Å². The molecule has 2 unspecified atom stereocenters. The highest BCUT2D eigenvalue weighted by Crippen LogP contribution is 2.37. The van der Waals surface area contributed by atoms with Gasteiger partial charge in [-0.3, -0.25) is 0 Å². The van der Waals surface area contributed by atoms with Crippen molar-refractivity contribution in [1.29, 1.82) is 0 Å². The van der Waals surface area contributed by atoms with E-state index in [4.69, 9.17) is 10.5 Å². The Bertz CT molecular complexity index is 782. The van der Waals surface area contributed by atoms with Crippen molar-refractivity contribution in [2.75, 3.05) is 19.1 Å². The standard InChI is InChI=1S/C14H19N3O3S/c1-20-11-7-3-5-9(11)17-10-6-4-8-12(21(2,18)19)13(10)16-14(17)15/h4,6,8-9,11H,3,5,7H2,1-2H3,(H2,15,16). The summed E-state index contributed by atoms with van der Waals surface area (Å²) in [6, 6.07) is 5.26. The number of ether oxygens (including phenoxy) is 1. The maximum Gasteiger partial charge on any atom is 0.201 e. The second kappa shape index (κ2) is 4.99. The Labute approximate surface area is 123 Å². The van der Waals surface area contributed by atoms with Gasteiger partial charge in [-0.25, -0.2) is 13.4 Å². The lowest BCUT2D eigenvalue weighted by Crippen LogP contribution is -2.21. The van der Waals surface area contributed by atoms with Crippen LogP contribution in [0.4, 0.5) is 5.95 Å². The highest BCUT2D eigenvalue weighted by molar-refractivity contribution is 7.91. The van der Waals surface area contributed by atoms with Crippen LogP contribution < -0.4 is 5.73 Å². The van der Waals surface area contributed by atoms with Crippen LogP contribution in [0.1, 0.15) is 25.3 Å². The Hall–Kier alpha value is -1.60. The predicted octanol–water partition coefficient (Wildman–Crippen LogP) is 1.76. The topological polar surface area (TPSA) is 87.2 Å². The smallest absolute Gasteiger partial charge is 0.201 e. The Kier molecular flexibility index (Phi) is 3.41. The van der Waals surface area contributed by atoms with E-state index in [1.165, 1.54) is 6.26 Å². The van der Waals surface area contributed by atoms with Crippen LogP contribution in [0.25, 0.3) is 11.0 Å². The summed E-state index contributed by atoms with van der Waals surface area (Å²) < 4.78 is 31.2. The summed E-state index contributed by atoms with van der Waals surface area (Å²) >= 11 is 0. The van der Waals surface area contributed by atoms with Crippen molar-refractivity contribution in [3.63, 3.8) is 0 Å². The van der Waals surface area contributed by atoms with Gasteiger partial charge in [0, 0.05) is 13.4 Å². The second-order valence-electron chi connectivity index (χ2n) is 5.51. The number of fused-ring (bicyclic) bond motifs is 1. The Morgan fingerprint density at radius 2 is 2.14 bits per heavy atom. The maximum atomic E-state index is 11.9. The fourth-order valence-corrected chi connectivity index (χ4v) is 4.06. The highest BCUT2D eigenvalue weighted by Gasteiger charge is 2.32. The summed E-state index contributed by atoms with van der Waals surface area (Å²) in [4.78, 5) is 4.52. The number of nitrogens with two attached hydrogens (primary N) is 1. The minimum Gasteiger partial charge on any atom is -0.379 e. The van der Waals surface area contributed by atoms with Crippen molar-refractivity contribution in [1.82, 2.24) is 9.55 Å². The van der Waals surface area contributed by atoms with E-state index in [9.17, 15) is 8.42 Å². The lowest BCUT2D eigenvalue weighted by Gasteiger charge is -2.21. The number of nitrogens with zero attached hydrogens (tertiary/aromatic N) is 2. The highest BCUT2D eigenvalue weighted by atomic mass is 32.2. The van der Waals surface area contributed by atoms with E-state index in [0.29, 0.717) is 11.5 Å². The minimum absolute atomic E-state index is 0.0894. The number of aromatic nitrogens is 2. The molecule has 0 saturated heterocycles. The fraction of sp³-hybridized carbons (Fsp3) is 0.500. The van der Waals surface area contributed by atoms with Gasteiger partial charge in [-0.2, -0.15) is 0 Å². The number of hydrogen-bond acceptors (Lipinski definition) is 5. The fourth-order valence-electron chi connectivity index (χ4n) is 3.23. The average molecular weight is 309 g/mol. The molecule has 0 spiro atoms. The van der Waals surface area contributed by atoms with Crippen molar-refractivity contribution < 1.29 is 13.2 Å². The first-order chi connectivity index (χ1) is 9.93. The predicted molar refractivity (Wildman–Crippen MR) is 80.9 cm³/mol. The number of hydrogen-bond donors (Lipinski definition) is 1. The Balaban J connectivity index is 2.23. The van der Waals surface area contributed by atoms with E-state index < -0.39 is 9.84 Å². The molecule has 2 atom stereocenters. The Morgan fingerprint density at radius 3 is 2.81 bits per heavy atom. The molecule has 0 amide bonds. The lowest BCUT2D eigenvalue weighted by atomic mass is 10.2. The maximum absolute atomic E-state index is 11.9. The van der Waals surface area contributed by atoms with Gasteiger partial charge in [-0.1, -0.05) is 6.07 Å². The third kappa shape index (κ3) is 2.30. The Morgan fingerprint density at radius 1 is 1.38 bits per heavy atom. The molecular formula is C14H19N3O3S. The number of anilines is 1. The minimum atomic E-state index is -3.34. The molecule has 1 saturated carbocycles. The van der Waals surface area contributed by atoms with Crippen LogP contribution in [-0.4, -0.2) is 37.4 Å². The molecule has 1 aromatic carbocycles. The third-order valence-electron chi connectivity index (χ3n) is 4.16. The second-order valence-corrected chi connectivity index (χ2v) is 7.49. The van der Waals surface area contributed by atoms with Gasteiger partial charge in [0.25, 0.3) is 0 Å². The molecule has 7 heteroatoms. The van der Waals surface area contributed by atoms with Gasteiger partial charge in [-0.05, 0) is 31.4 Å². The van der Waals surface area contributed by atoms with Crippen molar-refractivity contribution >= 4 is 26.8 Å². The quantitative estimate of drug-likeness (QED) is 0.933. The summed E-state index contributed by atoms with van der Waals surface area (Å²) in [7, 11) is -1.64. The van der Waals surface area contributed by atoms with Crippen molar-refractivity contribution in [2.45, 2.75) is 36.3 Å². The van der Waals surface area contributed by atoms with Crippen molar-refractivity contribution in [2.24, 2.45) is 0 Å². The third-order valence-corrected chi connectivity index (χ3v) is 5.29. The zero-order chi connectivity index (χ0) is 15.2. The van der Waals surface area contributed by atoms with Crippen molar-refractivity contribution in [3.05, 3.63) is 18.2 Å². The summed E-state index contributed by atoms with van der Waals surface area (Å²) in [6.45, 7) is 0. The van der Waals surface area contributed by atoms with Gasteiger partial charge in [-0.15, -0.1) is 0 Å². The zero-order valence-corrected chi connectivity index (χ0v) is 12.9. The molecule has 0 bridgehead atoms. The average Bonchev–Trinajstić information content (AvgIpc) is 2.98. The first-order valence-electron chi connectivity index (χ1n) is 6.92. The van der Waals surface area contributed by atoms with Crippen LogP contribution in [0.5, 0.6) is 0 Å². The summed E-state index contributed by atoms with van der Waals surface area (Å²) in [5.41, 5.74) is 7.26. The number of imidazole rings is 1. The van der Waals surface area contributed by atoms with Gasteiger partial charge in [0.15, 0.2) is 9.84 Å². The van der Waals surface area contributed by atoms with Gasteiger partial charge in [0.2, 0.25) is 5.95 Å². The van der Waals surface area contributed by atoms with Gasteiger partial charge in [0.05, 0.1) is 22.6 Å². The van der Waals surface area contributed by atoms with E-state index in [1.54, 1.807) is 19.2 Å². The molecular weight excluding hydrogens is 290 g/mol. The normalized spacial score (nSPS) is 23.0. The summed E-state index contributed by atoms with van der Waals surface area (Å²) in [6.07, 6.45) is 4.27. The van der Waals surface area contributed by atoms with Crippen LogP contribution >= 0.6 is 0 Å². The molecule has 3 rings (SSSR count). The number of nitrogen functional groups attached to an aromatic ring is 1. The molecule has 0 radical (unpaired) electrons. The molecule has 6 nitrogen and oxygen atoms in total. The zero-order valence-electron chi connectivity index (χ0n) is 12.1. The van der Waals surface area contributed by atoms with Gasteiger partial charge in [0.1, 0.15) is 5.52 Å². The van der Waals surface area contributed by atoms with Crippen LogP contribution in [0, 0.1) is 0 Å². The molecule has 2 N–H and O–H groups in total. The molecule has 21 heavy (non-hydrogen) atoms. The summed E-state index contributed by atoms with van der Waals surface area (Å²) in [5.74, 6) is 0.343. The monoisotopic (exact) mass is 309 g/mol. The van der Waals surface area contributed by atoms with Crippen LogP contribution in [-0.2, 0) is 14.6 Å². The van der Waals surface area contributed by atoms with E-state index in [1.807, 2.05) is 10.6 Å². The first kappa shape index (κ1) is 14.3. The molecule has 1 aromatic heterocycles. The molecule has 1 aliphatic carbocycles. The molecule has 2 aromatic rings. The SMILES string of the molecule is COC1CCCC1n1c(N)nc2c(S(C)(=O)=O)cccc21. The van der Waals surface area contributed by atoms with Gasteiger partial charge >= 0.3 is 0 Å². The summed E-state index contributed by atoms with van der Waals surface area (Å²) in [5, 5.41) is 0. The number of para-hydroxylation sites is 1. The van der Waals surface area contributed by atoms with E-state index >= 15 is 0 Å².